The second kappa shape index (κ2) is 9.02. The van der Waals surface area contributed by atoms with Gasteiger partial charge in [-0.25, -0.2) is 4.98 Å². The Hall–Kier alpha value is -2.13. The van der Waals surface area contributed by atoms with E-state index in [2.05, 4.69) is 21.2 Å². The number of carbonyl (C=O) groups is 1. The highest BCUT2D eigenvalue weighted by atomic mass is 79.9. The lowest BCUT2D eigenvalue weighted by molar-refractivity contribution is -0.113. The number of benzene rings is 2. The summed E-state index contributed by atoms with van der Waals surface area (Å²) in [6.45, 7) is 0. The van der Waals surface area contributed by atoms with E-state index in [4.69, 9.17) is 16.6 Å². The number of hydrogen-bond donors (Lipinski definition) is 1. The van der Waals surface area contributed by atoms with Crippen LogP contribution in [0, 0.1) is 0 Å². The number of aromatic nitrogens is 2. The van der Waals surface area contributed by atoms with E-state index in [1.165, 1.54) is 16.6 Å². The van der Waals surface area contributed by atoms with Crippen molar-refractivity contribution in [3.05, 3.63) is 78.8 Å². The molecule has 9 heteroatoms. The van der Waals surface area contributed by atoms with E-state index >= 15 is 0 Å². The monoisotopic (exact) mass is 545 g/mol. The molecular weight excluding hydrogens is 530 g/mol. The molecule has 4 aromatic rings. The maximum atomic E-state index is 13.6. The third-order valence-electron chi connectivity index (χ3n) is 5.23. The minimum atomic E-state index is -0.168. The summed E-state index contributed by atoms with van der Waals surface area (Å²) in [5, 5.41) is 4.68. The second-order valence-corrected chi connectivity index (χ2v) is 10.8. The molecule has 0 atom stereocenters. The Balaban J connectivity index is 1.51. The van der Waals surface area contributed by atoms with Crippen molar-refractivity contribution in [3.63, 3.8) is 0 Å². The SMILES string of the molecule is O=C(CSc1nc2sc3c(c2c(=O)n1-c1ccc(Cl)cc1)CCC3)Nc1cccc(Br)c1. The zero-order valence-electron chi connectivity index (χ0n) is 16.7. The van der Waals surface area contributed by atoms with Gasteiger partial charge in [0.1, 0.15) is 4.83 Å². The number of halogens is 2. The Bertz CT molecular complexity index is 1400. The highest BCUT2D eigenvalue weighted by molar-refractivity contribution is 9.10. The van der Waals surface area contributed by atoms with Crippen molar-refractivity contribution in [1.29, 1.82) is 0 Å². The van der Waals surface area contributed by atoms with Gasteiger partial charge >= 0.3 is 0 Å². The molecule has 0 fully saturated rings. The van der Waals surface area contributed by atoms with Gasteiger partial charge in [-0.05, 0) is 67.3 Å². The Morgan fingerprint density at radius 2 is 2.03 bits per heavy atom. The van der Waals surface area contributed by atoms with Crippen LogP contribution in [0.2, 0.25) is 5.02 Å². The van der Waals surface area contributed by atoms with E-state index in [9.17, 15) is 9.59 Å². The number of hydrogen-bond acceptors (Lipinski definition) is 5. The maximum Gasteiger partial charge on any atom is 0.267 e. The minimum Gasteiger partial charge on any atom is -0.325 e. The first-order chi connectivity index (χ1) is 15.5. The molecule has 1 N–H and O–H groups in total. The van der Waals surface area contributed by atoms with Gasteiger partial charge in [0.25, 0.3) is 5.56 Å². The van der Waals surface area contributed by atoms with Gasteiger partial charge in [-0.1, -0.05) is 45.4 Å². The first kappa shape index (κ1) is 21.7. The number of fused-ring (bicyclic) bond motifs is 3. The molecule has 0 spiro atoms. The average Bonchev–Trinajstić information content (AvgIpc) is 3.34. The average molecular weight is 547 g/mol. The summed E-state index contributed by atoms with van der Waals surface area (Å²) >= 11 is 12.3. The van der Waals surface area contributed by atoms with Crippen molar-refractivity contribution in [2.24, 2.45) is 0 Å². The number of thioether (sulfide) groups is 1. The summed E-state index contributed by atoms with van der Waals surface area (Å²) in [4.78, 5) is 33.0. The zero-order valence-corrected chi connectivity index (χ0v) is 20.7. The van der Waals surface area contributed by atoms with Crippen molar-refractivity contribution in [2.75, 3.05) is 11.1 Å². The van der Waals surface area contributed by atoms with Gasteiger partial charge < -0.3 is 5.32 Å². The highest BCUT2D eigenvalue weighted by Gasteiger charge is 2.24. The zero-order chi connectivity index (χ0) is 22.2. The van der Waals surface area contributed by atoms with Crippen LogP contribution in [-0.4, -0.2) is 21.2 Å². The molecule has 5 nitrogen and oxygen atoms in total. The van der Waals surface area contributed by atoms with Gasteiger partial charge in [-0.3, -0.25) is 14.2 Å². The molecule has 162 valence electrons. The molecule has 0 saturated carbocycles. The Morgan fingerprint density at radius 3 is 2.81 bits per heavy atom. The van der Waals surface area contributed by atoms with Gasteiger partial charge in [0.05, 0.1) is 16.8 Å². The summed E-state index contributed by atoms with van der Waals surface area (Å²) in [6.07, 6.45) is 2.98. The Morgan fingerprint density at radius 1 is 1.22 bits per heavy atom. The number of amides is 1. The van der Waals surface area contributed by atoms with Gasteiger partial charge in [0.15, 0.2) is 5.16 Å². The number of aryl methyl sites for hydroxylation is 2. The predicted octanol–water partition coefficient (Wildman–Crippen LogP) is 6.08. The number of rotatable bonds is 5. The molecule has 5 rings (SSSR count). The normalized spacial score (nSPS) is 12.8. The molecule has 2 aromatic heterocycles. The predicted molar refractivity (Wildman–Crippen MR) is 136 cm³/mol. The molecule has 0 aliphatic heterocycles. The molecule has 0 radical (unpaired) electrons. The van der Waals surface area contributed by atoms with E-state index in [0.717, 1.165) is 34.1 Å². The van der Waals surface area contributed by atoms with Crippen molar-refractivity contribution in [1.82, 2.24) is 9.55 Å². The number of thiophene rings is 1. The van der Waals surface area contributed by atoms with Gasteiger partial charge in [-0.15, -0.1) is 11.3 Å². The molecular formula is C23H17BrClN3O2S2. The lowest BCUT2D eigenvalue weighted by Crippen LogP contribution is -2.23. The van der Waals surface area contributed by atoms with E-state index in [1.54, 1.807) is 40.2 Å². The summed E-state index contributed by atoms with van der Waals surface area (Å²) in [5.41, 5.74) is 2.43. The second-order valence-electron chi connectivity index (χ2n) is 7.40. The minimum absolute atomic E-state index is 0.0911. The lowest BCUT2D eigenvalue weighted by atomic mass is 10.2. The standard InChI is InChI=1S/C23H17BrClN3O2S2/c24-13-3-1-4-15(11-13)26-19(29)12-31-23-27-21-20(17-5-2-6-18(17)32-21)22(30)28(23)16-9-7-14(25)8-10-16/h1,3-4,7-11H,2,5-6,12H2,(H,26,29). The van der Waals surface area contributed by atoms with Gasteiger partial charge in [-0.2, -0.15) is 0 Å². The number of nitrogens with one attached hydrogen (secondary N) is 1. The quantitative estimate of drug-likeness (QED) is 0.243. The number of nitrogens with zero attached hydrogens (tertiary/aromatic N) is 2. The third kappa shape index (κ3) is 4.24. The van der Waals surface area contributed by atoms with E-state index < -0.39 is 0 Å². The smallest absolute Gasteiger partial charge is 0.267 e. The molecule has 2 heterocycles. The van der Waals surface area contributed by atoms with Crippen LogP contribution >= 0.6 is 50.6 Å². The Labute approximate surface area is 206 Å². The molecule has 0 bridgehead atoms. The van der Waals surface area contributed by atoms with Crippen molar-refractivity contribution >= 4 is 72.4 Å². The lowest BCUT2D eigenvalue weighted by Gasteiger charge is -2.13. The van der Waals surface area contributed by atoms with Crippen LogP contribution in [0.15, 0.2) is 63.0 Å². The molecule has 1 aliphatic rings. The van der Waals surface area contributed by atoms with E-state index in [1.807, 2.05) is 24.3 Å². The summed E-state index contributed by atoms with van der Waals surface area (Å²) in [6, 6.07) is 14.5. The van der Waals surface area contributed by atoms with Crippen molar-refractivity contribution in [2.45, 2.75) is 24.4 Å². The van der Waals surface area contributed by atoms with Crippen LogP contribution in [0.25, 0.3) is 15.9 Å². The topological polar surface area (TPSA) is 64.0 Å². The third-order valence-corrected chi connectivity index (χ3v) is 8.10. The number of anilines is 1. The molecule has 32 heavy (non-hydrogen) atoms. The van der Waals surface area contributed by atoms with E-state index in [0.29, 0.717) is 26.9 Å². The summed E-state index contributed by atoms with van der Waals surface area (Å²) in [7, 11) is 0. The maximum absolute atomic E-state index is 13.6. The van der Waals surface area contributed by atoms with Crippen LogP contribution in [-0.2, 0) is 17.6 Å². The largest absolute Gasteiger partial charge is 0.325 e. The van der Waals surface area contributed by atoms with Crippen molar-refractivity contribution in [3.8, 4) is 5.69 Å². The highest BCUT2D eigenvalue weighted by Crippen LogP contribution is 2.36. The molecule has 2 aromatic carbocycles. The van der Waals surface area contributed by atoms with Gasteiger partial charge in [0.2, 0.25) is 5.91 Å². The fourth-order valence-electron chi connectivity index (χ4n) is 3.83. The Kier molecular flexibility index (Phi) is 6.11. The van der Waals surface area contributed by atoms with Crippen LogP contribution in [0.5, 0.6) is 0 Å². The fraction of sp³-hybridized carbons (Fsp3) is 0.174. The molecule has 0 unspecified atom stereocenters. The van der Waals surface area contributed by atoms with Gasteiger partial charge in [0, 0.05) is 20.1 Å². The van der Waals surface area contributed by atoms with Crippen LogP contribution in [0.3, 0.4) is 0 Å². The molecule has 0 saturated heterocycles. The molecule has 1 aliphatic carbocycles. The van der Waals surface area contributed by atoms with E-state index in [-0.39, 0.29) is 17.2 Å². The van der Waals surface area contributed by atoms with Crippen LogP contribution < -0.4 is 10.9 Å². The van der Waals surface area contributed by atoms with Crippen molar-refractivity contribution < 1.29 is 4.79 Å². The first-order valence-electron chi connectivity index (χ1n) is 10.0. The summed E-state index contributed by atoms with van der Waals surface area (Å²) < 4.78 is 2.48. The van der Waals surface area contributed by atoms with Crippen LogP contribution in [0.4, 0.5) is 5.69 Å². The molecule has 1 amide bonds. The number of carbonyl (C=O) groups excluding carboxylic acids is 1. The summed E-state index contributed by atoms with van der Waals surface area (Å²) in [5.74, 6) is -0.0397. The van der Waals surface area contributed by atoms with Crippen LogP contribution in [0.1, 0.15) is 16.9 Å². The fourth-order valence-corrected chi connectivity index (χ4v) is 6.47. The first-order valence-corrected chi connectivity index (χ1v) is 13.0.